The second-order valence-electron chi connectivity index (χ2n) is 6.70. The van der Waals surface area contributed by atoms with E-state index in [0.717, 1.165) is 63.0 Å². The number of aromatic nitrogens is 2. The van der Waals surface area contributed by atoms with Crippen LogP contribution in [0.4, 0.5) is 11.5 Å². The molecule has 1 aliphatic heterocycles. The molecule has 1 fully saturated rings. The van der Waals surface area contributed by atoms with Crippen molar-refractivity contribution in [1.29, 1.82) is 0 Å². The molecule has 0 bridgehead atoms. The normalized spacial score (nSPS) is 15.4. The zero-order chi connectivity index (χ0) is 17.6. The monoisotopic (exact) mass is 339 g/mol. The maximum Gasteiger partial charge on any atom is 0.132 e. The van der Waals surface area contributed by atoms with Crippen LogP contribution < -0.4 is 9.80 Å². The molecule has 2 aromatic rings. The summed E-state index contributed by atoms with van der Waals surface area (Å²) < 4.78 is 0. The quantitative estimate of drug-likeness (QED) is 0.808. The molecule has 1 aliphatic rings. The van der Waals surface area contributed by atoms with Gasteiger partial charge in [0.15, 0.2) is 0 Å². The molecule has 0 N–H and O–H groups in total. The van der Waals surface area contributed by atoms with Crippen LogP contribution in [0, 0.1) is 6.92 Å². The van der Waals surface area contributed by atoms with Crippen molar-refractivity contribution in [1.82, 2.24) is 14.9 Å². The van der Waals surface area contributed by atoms with E-state index in [1.165, 1.54) is 5.69 Å². The molecular weight excluding hydrogens is 310 g/mol. The van der Waals surface area contributed by atoms with Gasteiger partial charge in [-0.1, -0.05) is 25.1 Å². The van der Waals surface area contributed by atoms with Crippen LogP contribution in [-0.4, -0.2) is 61.2 Å². The molecule has 0 atom stereocenters. The van der Waals surface area contributed by atoms with Crippen LogP contribution in [-0.2, 0) is 6.42 Å². The third kappa shape index (κ3) is 4.69. The summed E-state index contributed by atoms with van der Waals surface area (Å²) in [6.07, 6.45) is 0.950. The van der Waals surface area contributed by atoms with Crippen molar-refractivity contribution in [2.24, 2.45) is 0 Å². The predicted octanol–water partition coefficient (Wildman–Crippen LogP) is 2.61. The lowest BCUT2D eigenvalue weighted by Gasteiger charge is -2.36. The van der Waals surface area contributed by atoms with Gasteiger partial charge in [0.1, 0.15) is 11.6 Å². The van der Waals surface area contributed by atoms with Gasteiger partial charge in [-0.3, -0.25) is 4.90 Å². The number of rotatable bonds is 6. The van der Waals surface area contributed by atoms with Gasteiger partial charge in [-0.05, 0) is 25.5 Å². The van der Waals surface area contributed by atoms with Crippen molar-refractivity contribution in [3.8, 4) is 0 Å². The minimum atomic E-state index is 0.859. The zero-order valence-corrected chi connectivity index (χ0v) is 15.6. The van der Waals surface area contributed by atoms with Gasteiger partial charge < -0.3 is 9.80 Å². The number of likely N-dealkylation sites (N-methyl/N-ethyl adjacent to an activating group) is 1. The first-order valence-corrected chi connectivity index (χ1v) is 9.23. The number of para-hydroxylation sites is 1. The first-order valence-electron chi connectivity index (χ1n) is 9.23. The number of nitrogens with zero attached hydrogens (tertiary/aromatic N) is 5. The SMILES string of the molecule is CCc1cc(N(C)CCN2CCN(c3ccccc3)CC2)nc(C)n1. The average molecular weight is 339 g/mol. The van der Waals surface area contributed by atoms with E-state index in [9.17, 15) is 0 Å². The summed E-state index contributed by atoms with van der Waals surface area (Å²) in [5.74, 6) is 1.89. The molecule has 5 heteroatoms. The third-order valence-electron chi connectivity index (χ3n) is 4.88. The molecule has 5 nitrogen and oxygen atoms in total. The van der Waals surface area contributed by atoms with Crippen molar-refractivity contribution in [3.05, 3.63) is 47.9 Å². The zero-order valence-electron chi connectivity index (χ0n) is 15.6. The minimum Gasteiger partial charge on any atom is -0.369 e. The molecule has 0 saturated carbocycles. The van der Waals surface area contributed by atoms with Crippen LogP contribution in [0.1, 0.15) is 18.4 Å². The van der Waals surface area contributed by atoms with Crippen molar-refractivity contribution in [3.63, 3.8) is 0 Å². The number of piperazine rings is 1. The molecule has 0 radical (unpaired) electrons. The van der Waals surface area contributed by atoms with Gasteiger partial charge in [0, 0.05) is 63.8 Å². The Labute approximate surface area is 151 Å². The van der Waals surface area contributed by atoms with Gasteiger partial charge in [0.2, 0.25) is 0 Å². The van der Waals surface area contributed by atoms with Gasteiger partial charge in [-0.15, -0.1) is 0 Å². The minimum absolute atomic E-state index is 0.859. The summed E-state index contributed by atoms with van der Waals surface area (Å²) in [6.45, 7) is 10.6. The summed E-state index contributed by atoms with van der Waals surface area (Å²) in [6, 6.07) is 12.8. The summed E-state index contributed by atoms with van der Waals surface area (Å²) in [7, 11) is 2.13. The summed E-state index contributed by atoms with van der Waals surface area (Å²) in [5.41, 5.74) is 2.45. The van der Waals surface area contributed by atoms with Crippen LogP contribution in [0.15, 0.2) is 36.4 Å². The maximum atomic E-state index is 4.59. The highest BCUT2D eigenvalue weighted by Crippen LogP contribution is 2.16. The van der Waals surface area contributed by atoms with Gasteiger partial charge in [-0.25, -0.2) is 9.97 Å². The van der Waals surface area contributed by atoms with E-state index in [4.69, 9.17) is 0 Å². The Kier molecular flexibility index (Phi) is 5.87. The molecular formula is C20H29N5. The molecule has 3 rings (SSSR count). The van der Waals surface area contributed by atoms with Crippen LogP contribution in [0.2, 0.25) is 0 Å². The molecule has 1 aromatic heterocycles. The number of anilines is 2. The lowest BCUT2D eigenvalue weighted by atomic mass is 10.2. The first kappa shape index (κ1) is 17.7. The smallest absolute Gasteiger partial charge is 0.132 e. The highest BCUT2D eigenvalue weighted by molar-refractivity contribution is 5.46. The van der Waals surface area contributed by atoms with Crippen LogP contribution >= 0.6 is 0 Å². The fourth-order valence-corrected chi connectivity index (χ4v) is 3.26. The standard InChI is InChI=1S/C20H29N5/c1-4-18-16-20(22-17(2)21-18)23(3)10-11-24-12-14-25(15-13-24)19-8-6-5-7-9-19/h5-9,16H,4,10-15H2,1-3H3. The molecule has 0 spiro atoms. The molecule has 134 valence electrons. The Morgan fingerprint density at radius 2 is 1.76 bits per heavy atom. The first-order chi connectivity index (χ1) is 12.2. The molecule has 2 heterocycles. The van der Waals surface area contributed by atoms with E-state index in [0.29, 0.717) is 0 Å². The molecule has 1 aromatic carbocycles. The van der Waals surface area contributed by atoms with Crippen molar-refractivity contribution in [2.75, 3.05) is 56.1 Å². The molecule has 0 amide bonds. The Balaban J connectivity index is 1.49. The lowest BCUT2D eigenvalue weighted by Crippen LogP contribution is -2.48. The Morgan fingerprint density at radius 3 is 2.44 bits per heavy atom. The van der Waals surface area contributed by atoms with Gasteiger partial charge >= 0.3 is 0 Å². The molecule has 25 heavy (non-hydrogen) atoms. The van der Waals surface area contributed by atoms with Crippen molar-refractivity contribution >= 4 is 11.5 Å². The largest absolute Gasteiger partial charge is 0.369 e. The lowest BCUT2D eigenvalue weighted by molar-refractivity contribution is 0.263. The summed E-state index contributed by atoms with van der Waals surface area (Å²) >= 11 is 0. The van der Waals surface area contributed by atoms with Gasteiger partial charge in [-0.2, -0.15) is 0 Å². The van der Waals surface area contributed by atoms with Gasteiger partial charge in [0.25, 0.3) is 0 Å². The summed E-state index contributed by atoms with van der Waals surface area (Å²) in [5, 5.41) is 0. The molecule has 0 unspecified atom stereocenters. The van der Waals surface area contributed by atoms with E-state index in [1.54, 1.807) is 0 Å². The van der Waals surface area contributed by atoms with Crippen molar-refractivity contribution < 1.29 is 0 Å². The second kappa shape index (κ2) is 8.30. The predicted molar refractivity (Wildman–Crippen MR) is 105 cm³/mol. The second-order valence-corrected chi connectivity index (χ2v) is 6.70. The van der Waals surface area contributed by atoms with E-state index >= 15 is 0 Å². The van der Waals surface area contributed by atoms with Gasteiger partial charge in [0.05, 0.1) is 0 Å². The van der Waals surface area contributed by atoms with Crippen molar-refractivity contribution in [2.45, 2.75) is 20.3 Å². The Bertz CT molecular complexity index is 665. The third-order valence-corrected chi connectivity index (χ3v) is 4.88. The maximum absolute atomic E-state index is 4.59. The average Bonchev–Trinajstić information content (AvgIpc) is 2.66. The fraction of sp³-hybridized carbons (Fsp3) is 0.500. The Morgan fingerprint density at radius 1 is 1.04 bits per heavy atom. The van der Waals surface area contributed by atoms with E-state index < -0.39 is 0 Å². The summed E-state index contributed by atoms with van der Waals surface area (Å²) in [4.78, 5) is 16.3. The highest BCUT2D eigenvalue weighted by atomic mass is 15.3. The van der Waals surface area contributed by atoms with E-state index in [-0.39, 0.29) is 0 Å². The van der Waals surface area contributed by atoms with Crippen LogP contribution in [0.25, 0.3) is 0 Å². The van der Waals surface area contributed by atoms with Crippen LogP contribution in [0.3, 0.4) is 0 Å². The number of hydrogen-bond donors (Lipinski definition) is 0. The number of hydrogen-bond acceptors (Lipinski definition) is 5. The molecule has 1 saturated heterocycles. The van der Waals surface area contributed by atoms with Crippen LogP contribution in [0.5, 0.6) is 0 Å². The number of benzene rings is 1. The molecule has 0 aliphatic carbocycles. The van der Waals surface area contributed by atoms with E-state index in [1.807, 2.05) is 6.92 Å². The number of aryl methyl sites for hydroxylation is 2. The highest BCUT2D eigenvalue weighted by Gasteiger charge is 2.17. The topological polar surface area (TPSA) is 35.5 Å². The van der Waals surface area contributed by atoms with E-state index in [2.05, 4.69) is 75.0 Å². The Hall–Kier alpha value is -2.14. The fourth-order valence-electron chi connectivity index (χ4n) is 3.26.